The molecule has 1 aromatic carbocycles. The normalized spacial score (nSPS) is 16.6. The zero-order chi connectivity index (χ0) is 20.6. The molecule has 2 aromatic rings. The van der Waals surface area contributed by atoms with E-state index in [-0.39, 0.29) is 0 Å². The number of ether oxygens (including phenoxy) is 2. The molecule has 0 spiro atoms. The van der Waals surface area contributed by atoms with Crippen molar-refractivity contribution in [1.82, 2.24) is 15.6 Å². The third kappa shape index (κ3) is 5.76. The highest BCUT2D eigenvalue weighted by atomic mass is 16.5. The number of anilines is 1. The minimum absolute atomic E-state index is 0.315. The van der Waals surface area contributed by atoms with Crippen molar-refractivity contribution in [3.63, 3.8) is 0 Å². The molecule has 2 N–H and O–H groups in total. The van der Waals surface area contributed by atoms with Crippen molar-refractivity contribution in [2.45, 2.75) is 32.9 Å². The molecule has 3 rings (SSSR count). The zero-order valence-corrected chi connectivity index (χ0v) is 17.7. The second-order valence-electron chi connectivity index (χ2n) is 7.11. The Morgan fingerprint density at radius 1 is 1.21 bits per heavy atom. The van der Waals surface area contributed by atoms with Crippen LogP contribution in [0.5, 0.6) is 11.5 Å². The van der Waals surface area contributed by atoms with Gasteiger partial charge in [-0.25, -0.2) is 4.99 Å². The lowest BCUT2D eigenvalue weighted by Crippen LogP contribution is -2.44. The van der Waals surface area contributed by atoms with E-state index in [0.29, 0.717) is 12.6 Å². The SMILES string of the molecule is CCNC(=NCc1cccc(C)n1)NC1CCN(c2cc(OC)cc(OC)c2)C1. The minimum atomic E-state index is 0.315. The van der Waals surface area contributed by atoms with Crippen molar-refractivity contribution >= 4 is 11.6 Å². The molecule has 29 heavy (non-hydrogen) atoms. The maximum Gasteiger partial charge on any atom is 0.191 e. The van der Waals surface area contributed by atoms with Crippen LogP contribution in [0.4, 0.5) is 5.69 Å². The standard InChI is InChI=1S/C22H31N5O2/c1-5-23-22(24-14-17-8-6-7-16(2)25-17)26-18-9-10-27(15-18)19-11-20(28-3)13-21(12-19)29-4/h6-8,11-13,18H,5,9-10,14-15H2,1-4H3,(H2,23,24,26). The van der Waals surface area contributed by atoms with E-state index in [4.69, 9.17) is 14.5 Å². The van der Waals surface area contributed by atoms with Gasteiger partial charge in [0.2, 0.25) is 0 Å². The highest BCUT2D eigenvalue weighted by Gasteiger charge is 2.24. The Balaban J connectivity index is 1.64. The van der Waals surface area contributed by atoms with Gasteiger partial charge in [0.25, 0.3) is 0 Å². The predicted octanol–water partition coefficient (Wildman–Crippen LogP) is 2.74. The number of hydrogen-bond acceptors (Lipinski definition) is 5. The molecule has 1 unspecified atom stereocenters. The number of aryl methyl sites for hydroxylation is 1. The molecule has 1 fully saturated rings. The highest BCUT2D eigenvalue weighted by Crippen LogP contribution is 2.30. The van der Waals surface area contributed by atoms with E-state index in [9.17, 15) is 0 Å². The van der Waals surface area contributed by atoms with E-state index in [0.717, 1.165) is 60.6 Å². The molecule has 1 aromatic heterocycles. The molecule has 1 atom stereocenters. The molecule has 1 aliphatic heterocycles. The number of pyridine rings is 1. The molecule has 0 amide bonds. The Hall–Kier alpha value is -2.96. The van der Waals surface area contributed by atoms with Crippen LogP contribution in [0.15, 0.2) is 41.4 Å². The van der Waals surface area contributed by atoms with Gasteiger partial charge < -0.3 is 25.0 Å². The molecule has 0 bridgehead atoms. The van der Waals surface area contributed by atoms with Crippen molar-refractivity contribution in [2.75, 3.05) is 38.8 Å². The summed E-state index contributed by atoms with van der Waals surface area (Å²) < 4.78 is 10.8. The van der Waals surface area contributed by atoms with Crippen LogP contribution in [0.3, 0.4) is 0 Å². The van der Waals surface area contributed by atoms with Crippen molar-refractivity contribution in [3.8, 4) is 11.5 Å². The molecule has 7 nitrogen and oxygen atoms in total. The molecule has 156 valence electrons. The van der Waals surface area contributed by atoms with Gasteiger partial charge in [0.05, 0.1) is 26.5 Å². The van der Waals surface area contributed by atoms with Crippen LogP contribution in [0.25, 0.3) is 0 Å². The van der Waals surface area contributed by atoms with Crippen LogP contribution >= 0.6 is 0 Å². The Morgan fingerprint density at radius 3 is 2.62 bits per heavy atom. The number of hydrogen-bond donors (Lipinski definition) is 2. The van der Waals surface area contributed by atoms with E-state index >= 15 is 0 Å². The predicted molar refractivity (Wildman–Crippen MR) is 117 cm³/mol. The van der Waals surface area contributed by atoms with E-state index in [1.54, 1.807) is 14.2 Å². The Bertz CT molecular complexity index is 817. The summed E-state index contributed by atoms with van der Waals surface area (Å²) in [6.45, 7) is 7.30. The van der Waals surface area contributed by atoms with Crippen LogP contribution in [0.1, 0.15) is 24.7 Å². The summed E-state index contributed by atoms with van der Waals surface area (Å²) in [6, 6.07) is 12.3. The summed E-state index contributed by atoms with van der Waals surface area (Å²) in [5, 5.41) is 6.90. The van der Waals surface area contributed by atoms with E-state index in [1.165, 1.54) is 0 Å². The lowest BCUT2D eigenvalue weighted by Gasteiger charge is -2.21. The van der Waals surface area contributed by atoms with Crippen LogP contribution in [-0.2, 0) is 6.54 Å². The van der Waals surface area contributed by atoms with Crippen molar-refractivity contribution in [3.05, 3.63) is 47.8 Å². The fourth-order valence-corrected chi connectivity index (χ4v) is 3.45. The molecular weight excluding hydrogens is 366 g/mol. The number of rotatable bonds is 7. The van der Waals surface area contributed by atoms with Crippen LogP contribution in [0.2, 0.25) is 0 Å². The first kappa shape index (κ1) is 20.8. The average Bonchev–Trinajstić information content (AvgIpc) is 3.20. The number of methoxy groups -OCH3 is 2. The number of aromatic nitrogens is 1. The van der Waals surface area contributed by atoms with Gasteiger partial charge in [-0.05, 0) is 32.4 Å². The van der Waals surface area contributed by atoms with Crippen LogP contribution in [-0.4, -0.2) is 50.8 Å². The third-order valence-electron chi connectivity index (χ3n) is 4.92. The Kier molecular flexibility index (Phi) is 7.16. The highest BCUT2D eigenvalue weighted by molar-refractivity contribution is 5.80. The topological polar surface area (TPSA) is 71.0 Å². The number of nitrogens with zero attached hydrogens (tertiary/aromatic N) is 3. The summed E-state index contributed by atoms with van der Waals surface area (Å²) in [7, 11) is 3.35. The first-order valence-electron chi connectivity index (χ1n) is 10.1. The Morgan fingerprint density at radius 2 is 1.97 bits per heavy atom. The van der Waals surface area contributed by atoms with E-state index in [2.05, 4.69) is 27.4 Å². The van der Waals surface area contributed by atoms with Gasteiger partial charge in [-0.15, -0.1) is 0 Å². The largest absolute Gasteiger partial charge is 0.497 e. The molecule has 0 radical (unpaired) electrons. The van der Waals surface area contributed by atoms with E-state index < -0.39 is 0 Å². The second-order valence-corrected chi connectivity index (χ2v) is 7.11. The number of nitrogens with one attached hydrogen (secondary N) is 2. The van der Waals surface area contributed by atoms with Gasteiger partial charge in [0.15, 0.2) is 5.96 Å². The minimum Gasteiger partial charge on any atom is -0.497 e. The van der Waals surface area contributed by atoms with Gasteiger partial charge in [0, 0.05) is 55.3 Å². The summed E-state index contributed by atoms with van der Waals surface area (Å²) in [4.78, 5) is 11.6. The fraction of sp³-hybridized carbons (Fsp3) is 0.455. The molecule has 0 saturated carbocycles. The Labute approximate surface area is 173 Å². The van der Waals surface area contributed by atoms with Crippen molar-refractivity contribution in [2.24, 2.45) is 4.99 Å². The van der Waals surface area contributed by atoms with Gasteiger partial charge in [-0.1, -0.05) is 6.07 Å². The fourth-order valence-electron chi connectivity index (χ4n) is 3.45. The first-order chi connectivity index (χ1) is 14.1. The van der Waals surface area contributed by atoms with Crippen molar-refractivity contribution in [1.29, 1.82) is 0 Å². The van der Waals surface area contributed by atoms with Crippen LogP contribution in [0, 0.1) is 6.92 Å². The van der Waals surface area contributed by atoms with Crippen LogP contribution < -0.4 is 25.0 Å². The zero-order valence-electron chi connectivity index (χ0n) is 17.7. The lowest BCUT2D eigenvalue weighted by atomic mass is 10.2. The molecule has 2 heterocycles. The molecule has 0 aliphatic carbocycles. The molecule has 1 aliphatic rings. The third-order valence-corrected chi connectivity index (χ3v) is 4.92. The maximum atomic E-state index is 5.41. The number of aliphatic imine (C=N–C) groups is 1. The van der Waals surface area contributed by atoms with Crippen molar-refractivity contribution < 1.29 is 9.47 Å². The quantitative estimate of drug-likeness (QED) is 0.553. The van der Waals surface area contributed by atoms with E-state index in [1.807, 2.05) is 43.3 Å². The lowest BCUT2D eigenvalue weighted by molar-refractivity contribution is 0.394. The average molecular weight is 398 g/mol. The number of guanidine groups is 1. The molecular formula is C22H31N5O2. The summed E-state index contributed by atoms with van der Waals surface area (Å²) in [5.74, 6) is 2.43. The maximum absolute atomic E-state index is 5.41. The summed E-state index contributed by atoms with van der Waals surface area (Å²) >= 11 is 0. The number of benzene rings is 1. The van der Waals surface area contributed by atoms with Gasteiger partial charge in [-0.3, -0.25) is 4.98 Å². The summed E-state index contributed by atoms with van der Waals surface area (Å²) in [5.41, 5.74) is 3.09. The van der Waals surface area contributed by atoms with Gasteiger partial charge in [0.1, 0.15) is 11.5 Å². The smallest absolute Gasteiger partial charge is 0.191 e. The van der Waals surface area contributed by atoms with Gasteiger partial charge in [-0.2, -0.15) is 0 Å². The first-order valence-corrected chi connectivity index (χ1v) is 10.1. The van der Waals surface area contributed by atoms with Gasteiger partial charge >= 0.3 is 0 Å². The second kappa shape index (κ2) is 10.0. The summed E-state index contributed by atoms with van der Waals surface area (Å²) in [6.07, 6.45) is 1.03. The molecule has 1 saturated heterocycles. The molecule has 7 heteroatoms. The monoisotopic (exact) mass is 397 g/mol.